The molecule has 7 heteroatoms. The zero-order valence-corrected chi connectivity index (χ0v) is 10.0. The minimum absolute atomic E-state index is 0.138. The number of rotatable bonds is 3. The Labute approximate surface area is 101 Å². The summed E-state index contributed by atoms with van der Waals surface area (Å²) < 4.78 is 11.2. The van der Waals surface area contributed by atoms with E-state index < -0.39 is 16.8 Å². The monoisotopic (exact) mass is 255 g/mol. The van der Waals surface area contributed by atoms with Crippen molar-refractivity contribution in [1.29, 1.82) is 0 Å². The molecule has 92 valence electrons. The second-order valence-electron chi connectivity index (χ2n) is 3.81. The molecule has 0 amide bonds. The van der Waals surface area contributed by atoms with Crippen molar-refractivity contribution in [1.82, 2.24) is 14.9 Å². The first kappa shape index (κ1) is 12.1. The van der Waals surface area contributed by atoms with Crippen LogP contribution in [0.3, 0.4) is 0 Å². The van der Waals surface area contributed by atoms with Gasteiger partial charge in [0.25, 0.3) is 0 Å². The van der Waals surface area contributed by atoms with E-state index in [4.69, 9.17) is 5.11 Å². The molecule has 1 fully saturated rings. The Balaban J connectivity index is 2.08. The fraction of sp³-hybridized carbons (Fsp3) is 0.500. The van der Waals surface area contributed by atoms with Gasteiger partial charge in [0, 0.05) is 48.1 Å². The van der Waals surface area contributed by atoms with Gasteiger partial charge < -0.3 is 5.11 Å². The van der Waals surface area contributed by atoms with Crippen LogP contribution in [-0.2, 0) is 17.3 Å². The maximum Gasteiger partial charge on any atom is 0.339 e. The molecular weight excluding hydrogens is 242 g/mol. The zero-order chi connectivity index (χ0) is 12.3. The topological polar surface area (TPSA) is 83.4 Å². The summed E-state index contributed by atoms with van der Waals surface area (Å²) in [5, 5.41) is 8.99. The highest BCUT2D eigenvalue weighted by Gasteiger charge is 2.18. The summed E-state index contributed by atoms with van der Waals surface area (Å²) in [5.74, 6) is 0.280. The average molecular weight is 255 g/mol. The van der Waals surface area contributed by atoms with Crippen LogP contribution >= 0.6 is 0 Å². The molecule has 0 bridgehead atoms. The van der Waals surface area contributed by atoms with Crippen molar-refractivity contribution >= 4 is 16.8 Å². The molecule has 1 aromatic heterocycles. The number of aromatic carboxylic acids is 1. The second kappa shape index (κ2) is 5.33. The maximum absolute atomic E-state index is 11.2. The van der Waals surface area contributed by atoms with Gasteiger partial charge in [-0.15, -0.1) is 0 Å². The smallest absolute Gasteiger partial charge is 0.339 e. The van der Waals surface area contributed by atoms with Gasteiger partial charge in [-0.1, -0.05) is 0 Å². The van der Waals surface area contributed by atoms with E-state index in [-0.39, 0.29) is 5.56 Å². The number of carboxylic acid groups (broad SMARTS) is 1. The van der Waals surface area contributed by atoms with Crippen LogP contribution in [0, 0.1) is 0 Å². The Kier molecular flexibility index (Phi) is 3.80. The van der Waals surface area contributed by atoms with Gasteiger partial charge in [-0.25, -0.2) is 14.8 Å². The maximum atomic E-state index is 11.2. The van der Waals surface area contributed by atoms with Gasteiger partial charge in [-0.3, -0.25) is 9.11 Å². The normalized spacial score (nSPS) is 18.1. The number of carboxylic acids is 1. The largest absolute Gasteiger partial charge is 0.478 e. The molecule has 1 aromatic rings. The molecule has 0 atom stereocenters. The molecule has 0 saturated carbocycles. The Morgan fingerprint density at radius 1 is 1.47 bits per heavy atom. The third-order valence-corrected chi connectivity index (χ3v) is 3.94. The Morgan fingerprint density at radius 2 is 2.18 bits per heavy atom. The summed E-state index contributed by atoms with van der Waals surface area (Å²) in [6, 6.07) is 0. The SMILES string of the molecule is O=C(O)c1cncnc1CN1CCS(=O)CC1. The lowest BCUT2D eigenvalue weighted by atomic mass is 10.2. The third kappa shape index (κ3) is 3.07. The van der Waals surface area contributed by atoms with Crippen molar-refractivity contribution in [2.24, 2.45) is 0 Å². The number of hydrogen-bond acceptors (Lipinski definition) is 5. The molecule has 2 rings (SSSR count). The van der Waals surface area contributed by atoms with E-state index in [0.29, 0.717) is 23.7 Å². The lowest BCUT2D eigenvalue weighted by Gasteiger charge is -2.25. The van der Waals surface area contributed by atoms with Crippen LogP contribution in [0.5, 0.6) is 0 Å². The van der Waals surface area contributed by atoms with Gasteiger partial charge in [-0.05, 0) is 0 Å². The second-order valence-corrected chi connectivity index (χ2v) is 5.51. The molecule has 1 aliphatic rings. The summed E-state index contributed by atoms with van der Waals surface area (Å²) in [6.07, 6.45) is 2.66. The lowest BCUT2D eigenvalue weighted by Crippen LogP contribution is -2.37. The van der Waals surface area contributed by atoms with E-state index >= 15 is 0 Å². The van der Waals surface area contributed by atoms with Gasteiger partial charge in [-0.2, -0.15) is 0 Å². The van der Waals surface area contributed by atoms with Gasteiger partial charge in [0.1, 0.15) is 11.9 Å². The van der Waals surface area contributed by atoms with Gasteiger partial charge in [0.2, 0.25) is 0 Å². The highest BCUT2D eigenvalue weighted by Crippen LogP contribution is 2.09. The number of aromatic nitrogens is 2. The quantitative estimate of drug-likeness (QED) is 0.801. The molecule has 1 N–H and O–H groups in total. The van der Waals surface area contributed by atoms with Gasteiger partial charge >= 0.3 is 5.97 Å². The summed E-state index contributed by atoms with van der Waals surface area (Å²) in [4.78, 5) is 20.8. The van der Waals surface area contributed by atoms with Crippen LogP contribution in [0.4, 0.5) is 0 Å². The first-order valence-corrected chi connectivity index (χ1v) is 6.75. The van der Waals surface area contributed by atoms with Crippen molar-refractivity contribution in [2.75, 3.05) is 24.6 Å². The van der Waals surface area contributed by atoms with Crippen molar-refractivity contribution in [3.8, 4) is 0 Å². The molecule has 6 nitrogen and oxygen atoms in total. The predicted molar refractivity (Wildman–Crippen MR) is 62.1 cm³/mol. The summed E-state index contributed by atoms with van der Waals surface area (Å²) in [5.41, 5.74) is 0.652. The van der Waals surface area contributed by atoms with Crippen molar-refractivity contribution < 1.29 is 14.1 Å². The lowest BCUT2D eigenvalue weighted by molar-refractivity contribution is 0.0693. The van der Waals surface area contributed by atoms with Crippen molar-refractivity contribution in [3.05, 3.63) is 23.8 Å². The molecule has 0 aromatic carbocycles. The Morgan fingerprint density at radius 3 is 2.82 bits per heavy atom. The van der Waals surface area contributed by atoms with Crippen LogP contribution in [0.2, 0.25) is 0 Å². The molecule has 0 aliphatic carbocycles. The summed E-state index contributed by atoms with van der Waals surface area (Å²) >= 11 is 0. The molecule has 0 radical (unpaired) electrons. The fourth-order valence-electron chi connectivity index (χ4n) is 1.71. The fourth-order valence-corrected chi connectivity index (χ4v) is 2.83. The minimum Gasteiger partial charge on any atom is -0.478 e. The van der Waals surface area contributed by atoms with E-state index in [0.717, 1.165) is 13.1 Å². The third-order valence-electron chi connectivity index (χ3n) is 2.67. The Hall–Kier alpha value is -1.34. The van der Waals surface area contributed by atoms with Crippen LogP contribution in [0.15, 0.2) is 12.5 Å². The van der Waals surface area contributed by atoms with Crippen LogP contribution in [0.1, 0.15) is 16.1 Å². The number of carbonyl (C=O) groups is 1. The number of nitrogens with zero attached hydrogens (tertiary/aromatic N) is 3. The molecule has 17 heavy (non-hydrogen) atoms. The zero-order valence-electron chi connectivity index (χ0n) is 9.20. The minimum atomic E-state index is -1.01. The van der Waals surface area contributed by atoms with E-state index in [9.17, 15) is 9.00 Å². The molecule has 0 unspecified atom stereocenters. The number of hydrogen-bond donors (Lipinski definition) is 1. The van der Waals surface area contributed by atoms with Crippen molar-refractivity contribution in [3.63, 3.8) is 0 Å². The molecule has 1 saturated heterocycles. The first-order chi connectivity index (χ1) is 8.16. The van der Waals surface area contributed by atoms with Crippen molar-refractivity contribution in [2.45, 2.75) is 6.54 Å². The standard InChI is InChI=1S/C10H13N3O3S/c14-10(15)8-5-11-7-12-9(8)6-13-1-3-17(16)4-2-13/h5,7H,1-4,6H2,(H,14,15). The summed E-state index contributed by atoms with van der Waals surface area (Å²) in [7, 11) is -0.724. The van der Waals surface area contributed by atoms with E-state index in [1.807, 2.05) is 0 Å². The van der Waals surface area contributed by atoms with Crippen LogP contribution in [0.25, 0.3) is 0 Å². The Bertz CT molecular complexity index is 442. The molecule has 2 heterocycles. The van der Waals surface area contributed by atoms with Gasteiger partial charge in [0.05, 0.1) is 5.69 Å². The highest BCUT2D eigenvalue weighted by molar-refractivity contribution is 7.85. The predicted octanol–water partition coefficient (Wildman–Crippen LogP) is -0.261. The van der Waals surface area contributed by atoms with E-state index in [1.165, 1.54) is 12.5 Å². The average Bonchev–Trinajstić information content (AvgIpc) is 2.32. The highest BCUT2D eigenvalue weighted by atomic mass is 32.2. The summed E-state index contributed by atoms with van der Waals surface area (Å²) in [6.45, 7) is 1.91. The van der Waals surface area contributed by atoms with Crippen LogP contribution < -0.4 is 0 Å². The molecular formula is C10H13N3O3S. The first-order valence-electron chi connectivity index (χ1n) is 5.26. The molecule has 1 aliphatic heterocycles. The van der Waals surface area contributed by atoms with E-state index in [2.05, 4.69) is 14.9 Å². The van der Waals surface area contributed by atoms with E-state index in [1.54, 1.807) is 0 Å². The van der Waals surface area contributed by atoms with Gasteiger partial charge in [0.15, 0.2) is 0 Å². The molecule has 0 spiro atoms. The van der Waals surface area contributed by atoms with Crippen LogP contribution in [-0.4, -0.2) is 54.7 Å².